The van der Waals surface area contributed by atoms with Gasteiger partial charge in [-0.15, -0.1) is 0 Å². The lowest BCUT2D eigenvalue weighted by Gasteiger charge is -2.27. The number of rotatable bonds is 3. The van der Waals surface area contributed by atoms with Gasteiger partial charge in [-0.25, -0.2) is 0 Å². The van der Waals surface area contributed by atoms with E-state index in [9.17, 15) is 4.21 Å². The van der Waals surface area contributed by atoms with Crippen LogP contribution in [0.1, 0.15) is 44.9 Å². The first kappa shape index (κ1) is 11.6. The highest BCUT2D eigenvalue weighted by Gasteiger charge is 2.19. The minimum atomic E-state index is -0.509. The third kappa shape index (κ3) is 3.87. The molecule has 1 N–H and O–H groups in total. The van der Waals surface area contributed by atoms with E-state index in [-0.39, 0.29) is 0 Å². The fourth-order valence-electron chi connectivity index (χ4n) is 2.72. The SMILES string of the molecule is O=S1CCC(NCC2CCCCC2)CC1. The first-order chi connectivity index (χ1) is 7.34. The molecule has 0 atom stereocenters. The summed E-state index contributed by atoms with van der Waals surface area (Å²) in [6, 6.07) is 0.657. The van der Waals surface area contributed by atoms with Gasteiger partial charge in [0.25, 0.3) is 0 Å². The van der Waals surface area contributed by atoms with Crippen molar-refractivity contribution in [2.75, 3.05) is 18.1 Å². The van der Waals surface area contributed by atoms with Gasteiger partial charge in [0.05, 0.1) is 0 Å². The normalized spacial score (nSPS) is 34.1. The zero-order valence-electron chi connectivity index (χ0n) is 9.54. The first-order valence-electron chi connectivity index (χ1n) is 6.43. The summed E-state index contributed by atoms with van der Waals surface area (Å²) in [6.45, 7) is 1.21. The van der Waals surface area contributed by atoms with Crippen molar-refractivity contribution in [2.24, 2.45) is 5.92 Å². The summed E-state index contributed by atoms with van der Waals surface area (Å²) in [4.78, 5) is 0. The molecule has 0 bridgehead atoms. The van der Waals surface area contributed by atoms with Crippen LogP contribution >= 0.6 is 0 Å². The van der Waals surface area contributed by atoms with Crippen LogP contribution < -0.4 is 5.32 Å². The van der Waals surface area contributed by atoms with Gasteiger partial charge in [-0.1, -0.05) is 19.3 Å². The summed E-state index contributed by atoms with van der Waals surface area (Å²) in [6.07, 6.45) is 9.40. The standard InChI is InChI=1S/C12H23NOS/c14-15-8-6-12(7-9-15)13-10-11-4-2-1-3-5-11/h11-13H,1-10H2. The second-order valence-electron chi connectivity index (χ2n) is 5.03. The van der Waals surface area contributed by atoms with Crippen LogP contribution in [0.4, 0.5) is 0 Å². The molecule has 2 aliphatic rings. The third-order valence-electron chi connectivity index (χ3n) is 3.81. The average molecular weight is 229 g/mol. The maximum Gasteiger partial charge on any atom is 0.0249 e. The molecule has 0 spiro atoms. The summed E-state index contributed by atoms with van der Waals surface area (Å²) in [5, 5.41) is 3.68. The molecule has 0 aromatic heterocycles. The van der Waals surface area contributed by atoms with Crippen LogP contribution in [0.15, 0.2) is 0 Å². The van der Waals surface area contributed by atoms with Crippen LogP contribution in [0, 0.1) is 5.92 Å². The van der Waals surface area contributed by atoms with Gasteiger partial charge < -0.3 is 5.32 Å². The maximum absolute atomic E-state index is 11.2. The van der Waals surface area contributed by atoms with Gasteiger partial charge in [-0.3, -0.25) is 4.21 Å². The molecular formula is C12H23NOS. The van der Waals surface area contributed by atoms with E-state index in [1.54, 1.807) is 0 Å². The Kier molecular flexibility index (Phi) is 4.63. The van der Waals surface area contributed by atoms with E-state index >= 15 is 0 Å². The lowest BCUT2D eigenvalue weighted by molar-refractivity contribution is 0.321. The lowest BCUT2D eigenvalue weighted by Crippen LogP contribution is -2.38. The highest BCUT2D eigenvalue weighted by molar-refractivity contribution is 7.85. The van der Waals surface area contributed by atoms with Crippen molar-refractivity contribution in [1.29, 1.82) is 0 Å². The minimum Gasteiger partial charge on any atom is -0.314 e. The Bertz CT molecular complexity index is 204. The Morgan fingerprint density at radius 1 is 1.00 bits per heavy atom. The van der Waals surface area contributed by atoms with Gasteiger partial charge in [0.1, 0.15) is 0 Å². The van der Waals surface area contributed by atoms with E-state index in [1.165, 1.54) is 38.6 Å². The van der Waals surface area contributed by atoms with Crippen molar-refractivity contribution in [3.63, 3.8) is 0 Å². The average Bonchev–Trinajstić information content (AvgIpc) is 2.30. The Morgan fingerprint density at radius 2 is 1.67 bits per heavy atom. The summed E-state index contributed by atoms with van der Waals surface area (Å²) in [5.74, 6) is 2.76. The number of hydrogen-bond acceptors (Lipinski definition) is 2. The summed E-state index contributed by atoms with van der Waals surface area (Å²) >= 11 is 0. The molecule has 0 aromatic carbocycles. The predicted octanol–water partition coefficient (Wildman–Crippen LogP) is 2.07. The van der Waals surface area contributed by atoms with E-state index in [4.69, 9.17) is 0 Å². The van der Waals surface area contributed by atoms with E-state index < -0.39 is 10.8 Å². The summed E-state index contributed by atoms with van der Waals surface area (Å²) in [7, 11) is -0.509. The van der Waals surface area contributed by atoms with Crippen molar-refractivity contribution in [3.05, 3.63) is 0 Å². The quantitative estimate of drug-likeness (QED) is 0.802. The van der Waals surface area contributed by atoms with Crippen molar-refractivity contribution in [1.82, 2.24) is 5.32 Å². The first-order valence-corrected chi connectivity index (χ1v) is 7.92. The van der Waals surface area contributed by atoms with E-state index in [0.717, 1.165) is 30.3 Å². The Balaban J connectivity index is 1.62. The summed E-state index contributed by atoms with van der Waals surface area (Å²) < 4.78 is 11.2. The third-order valence-corrected chi connectivity index (χ3v) is 5.19. The minimum absolute atomic E-state index is 0.509. The fourth-order valence-corrected chi connectivity index (χ4v) is 4.02. The van der Waals surface area contributed by atoms with Gasteiger partial charge >= 0.3 is 0 Å². The van der Waals surface area contributed by atoms with Crippen LogP contribution in [-0.4, -0.2) is 28.3 Å². The number of hydrogen-bond donors (Lipinski definition) is 1. The van der Waals surface area contributed by atoms with Gasteiger partial charge in [0.2, 0.25) is 0 Å². The molecule has 1 saturated carbocycles. The molecular weight excluding hydrogens is 206 g/mol. The van der Waals surface area contributed by atoms with Gasteiger partial charge in [-0.2, -0.15) is 0 Å². The molecule has 1 saturated heterocycles. The molecule has 1 aliphatic heterocycles. The molecule has 1 aliphatic carbocycles. The highest BCUT2D eigenvalue weighted by atomic mass is 32.2. The topological polar surface area (TPSA) is 29.1 Å². The van der Waals surface area contributed by atoms with E-state index in [0.29, 0.717) is 6.04 Å². The van der Waals surface area contributed by atoms with Crippen molar-refractivity contribution < 1.29 is 4.21 Å². The van der Waals surface area contributed by atoms with Crippen molar-refractivity contribution >= 4 is 10.8 Å². The van der Waals surface area contributed by atoms with Crippen LogP contribution in [0.2, 0.25) is 0 Å². The fraction of sp³-hybridized carbons (Fsp3) is 1.00. The van der Waals surface area contributed by atoms with E-state index in [1.807, 2.05) is 0 Å². The smallest absolute Gasteiger partial charge is 0.0249 e. The molecule has 0 unspecified atom stereocenters. The number of nitrogens with one attached hydrogen (secondary N) is 1. The summed E-state index contributed by atoms with van der Waals surface area (Å²) in [5.41, 5.74) is 0. The maximum atomic E-state index is 11.2. The molecule has 1 heterocycles. The molecule has 2 nitrogen and oxygen atoms in total. The second kappa shape index (κ2) is 6.00. The highest BCUT2D eigenvalue weighted by Crippen LogP contribution is 2.23. The van der Waals surface area contributed by atoms with Crippen LogP contribution in [0.3, 0.4) is 0 Å². The molecule has 0 radical (unpaired) electrons. The molecule has 2 rings (SSSR count). The zero-order chi connectivity index (χ0) is 10.5. The van der Waals surface area contributed by atoms with Crippen LogP contribution in [-0.2, 0) is 10.8 Å². The van der Waals surface area contributed by atoms with Gasteiger partial charge in [0, 0.05) is 28.3 Å². The van der Waals surface area contributed by atoms with Crippen molar-refractivity contribution in [3.8, 4) is 0 Å². The monoisotopic (exact) mass is 229 g/mol. The molecule has 3 heteroatoms. The van der Waals surface area contributed by atoms with Crippen LogP contribution in [0.25, 0.3) is 0 Å². The van der Waals surface area contributed by atoms with Gasteiger partial charge in [0.15, 0.2) is 0 Å². The van der Waals surface area contributed by atoms with Gasteiger partial charge in [-0.05, 0) is 38.1 Å². The Morgan fingerprint density at radius 3 is 2.33 bits per heavy atom. The Hall–Kier alpha value is 0.110. The van der Waals surface area contributed by atoms with Crippen LogP contribution in [0.5, 0.6) is 0 Å². The molecule has 0 aromatic rings. The lowest BCUT2D eigenvalue weighted by atomic mass is 9.89. The molecule has 0 amide bonds. The largest absolute Gasteiger partial charge is 0.314 e. The molecule has 15 heavy (non-hydrogen) atoms. The molecule has 2 fully saturated rings. The second-order valence-corrected chi connectivity index (χ2v) is 6.73. The predicted molar refractivity (Wildman–Crippen MR) is 65.5 cm³/mol. The van der Waals surface area contributed by atoms with E-state index in [2.05, 4.69) is 5.32 Å². The Labute approximate surface area is 95.7 Å². The zero-order valence-corrected chi connectivity index (χ0v) is 10.4. The van der Waals surface area contributed by atoms with Crippen molar-refractivity contribution in [2.45, 2.75) is 51.0 Å². The molecule has 88 valence electrons.